The van der Waals surface area contributed by atoms with E-state index in [1.807, 2.05) is 17.5 Å². The molecule has 0 aliphatic rings. The first-order valence-corrected chi connectivity index (χ1v) is 6.35. The Morgan fingerprint density at radius 2 is 2.06 bits per heavy atom. The van der Waals surface area contributed by atoms with E-state index < -0.39 is 0 Å². The molecule has 17 heavy (non-hydrogen) atoms. The molecule has 0 aliphatic carbocycles. The number of thiophene rings is 1. The molecule has 0 fully saturated rings. The number of hydrogen-bond donors (Lipinski definition) is 0. The van der Waals surface area contributed by atoms with E-state index in [4.69, 9.17) is 16.3 Å². The molecule has 2 rings (SSSR count). The molecule has 1 aromatic heterocycles. The number of ketones is 1. The molecular formula is C13H11ClO2S. The maximum absolute atomic E-state index is 12.0. The van der Waals surface area contributed by atoms with Crippen molar-refractivity contribution < 1.29 is 9.53 Å². The van der Waals surface area contributed by atoms with Crippen LogP contribution in [0.5, 0.6) is 5.75 Å². The van der Waals surface area contributed by atoms with E-state index in [0.29, 0.717) is 11.4 Å². The lowest BCUT2D eigenvalue weighted by Crippen LogP contribution is -2.00. The van der Waals surface area contributed by atoms with Crippen molar-refractivity contribution >= 4 is 28.7 Å². The van der Waals surface area contributed by atoms with E-state index in [1.54, 1.807) is 25.3 Å². The second-order valence-electron chi connectivity index (χ2n) is 3.58. The summed E-state index contributed by atoms with van der Waals surface area (Å²) < 4.78 is 5.05. The van der Waals surface area contributed by atoms with Gasteiger partial charge in [0.1, 0.15) is 5.75 Å². The first kappa shape index (κ1) is 12.1. The van der Waals surface area contributed by atoms with E-state index in [-0.39, 0.29) is 5.78 Å². The van der Waals surface area contributed by atoms with E-state index in [9.17, 15) is 4.79 Å². The molecule has 88 valence electrons. The molecule has 0 atom stereocenters. The minimum absolute atomic E-state index is 0.0978. The van der Waals surface area contributed by atoms with Gasteiger partial charge in [0, 0.05) is 22.9 Å². The van der Waals surface area contributed by atoms with Gasteiger partial charge in [0.2, 0.25) is 0 Å². The van der Waals surface area contributed by atoms with Crippen LogP contribution in [0.4, 0.5) is 0 Å². The Morgan fingerprint density at radius 3 is 2.65 bits per heavy atom. The normalized spacial score (nSPS) is 10.2. The lowest BCUT2D eigenvalue weighted by atomic mass is 10.1. The summed E-state index contributed by atoms with van der Waals surface area (Å²) in [6.07, 6.45) is 0.390. The van der Waals surface area contributed by atoms with Gasteiger partial charge in [-0.25, -0.2) is 0 Å². The average molecular weight is 267 g/mol. The van der Waals surface area contributed by atoms with Crippen LogP contribution < -0.4 is 4.74 Å². The minimum atomic E-state index is 0.0978. The van der Waals surface area contributed by atoms with Gasteiger partial charge in [-0.15, -0.1) is 11.3 Å². The highest BCUT2D eigenvalue weighted by atomic mass is 35.5. The highest BCUT2D eigenvalue weighted by molar-refractivity contribution is 7.12. The smallest absolute Gasteiger partial charge is 0.177 e. The van der Waals surface area contributed by atoms with Crippen LogP contribution in [0.3, 0.4) is 0 Å². The van der Waals surface area contributed by atoms with Crippen LogP contribution in [-0.2, 0) is 6.42 Å². The van der Waals surface area contributed by atoms with Crippen LogP contribution in [0, 0.1) is 0 Å². The molecular weight excluding hydrogens is 256 g/mol. The molecule has 0 amide bonds. The van der Waals surface area contributed by atoms with Gasteiger partial charge < -0.3 is 4.74 Å². The SMILES string of the molecule is COc1csc(C(=O)Cc2ccc(Cl)cc2)c1. The van der Waals surface area contributed by atoms with Crippen molar-refractivity contribution in [3.8, 4) is 5.75 Å². The summed E-state index contributed by atoms with van der Waals surface area (Å²) in [5, 5.41) is 2.51. The molecule has 0 N–H and O–H groups in total. The first-order valence-electron chi connectivity index (χ1n) is 5.09. The highest BCUT2D eigenvalue weighted by Gasteiger charge is 2.10. The number of ether oxygens (including phenoxy) is 1. The lowest BCUT2D eigenvalue weighted by molar-refractivity contribution is 0.0996. The molecule has 2 aromatic rings. The monoisotopic (exact) mass is 266 g/mol. The van der Waals surface area contributed by atoms with Gasteiger partial charge in [0.05, 0.1) is 12.0 Å². The number of methoxy groups -OCH3 is 1. The summed E-state index contributed by atoms with van der Waals surface area (Å²) in [5.74, 6) is 0.829. The number of carbonyl (C=O) groups excluding carboxylic acids is 1. The standard InChI is InChI=1S/C13H11ClO2S/c1-16-11-7-13(17-8-11)12(15)6-9-2-4-10(14)5-3-9/h2-5,7-8H,6H2,1H3. The third-order valence-electron chi connectivity index (χ3n) is 2.36. The van der Waals surface area contributed by atoms with E-state index in [2.05, 4.69) is 0 Å². The minimum Gasteiger partial charge on any atom is -0.496 e. The number of hydrogen-bond acceptors (Lipinski definition) is 3. The van der Waals surface area contributed by atoms with Gasteiger partial charge in [-0.2, -0.15) is 0 Å². The van der Waals surface area contributed by atoms with Crippen molar-refractivity contribution in [3.63, 3.8) is 0 Å². The van der Waals surface area contributed by atoms with Gasteiger partial charge in [0.25, 0.3) is 0 Å². The van der Waals surface area contributed by atoms with Crippen molar-refractivity contribution in [2.75, 3.05) is 7.11 Å². The number of halogens is 1. The summed E-state index contributed by atoms with van der Waals surface area (Å²) >= 11 is 7.19. The summed E-state index contributed by atoms with van der Waals surface area (Å²) in [6, 6.07) is 9.08. The first-order chi connectivity index (χ1) is 8.19. The van der Waals surface area contributed by atoms with E-state index >= 15 is 0 Å². The molecule has 0 saturated carbocycles. The molecule has 0 unspecified atom stereocenters. The molecule has 0 saturated heterocycles. The van der Waals surface area contributed by atoms with E-state index in [1.165, 1.54) is 11.3 Å². The maximum Gasteiger partial charge on any atom is 0.177 e. The highest BCUT2D eigenvalue weighted by Crippen LogP contribution is 2.22. The molecule has 4 heteroatoms. The Balaban J connectivity index is 2.08. The van der Waals surface area contributed by atoms with Crippen molar-refractivity contribution in [2.24, 2.45) is 0 Å². The lowest BCUT2D eigenvalue weighted by Gasteiger charge is -1.99. The zero-order valence-electron chi connectivity index (χ0n) is 9.27. The van der Waals surface area contributed by atoms with Crippen LogP contribution in [-0.4, -0.2) is 12.9 Å². The predicted molar refractivity (Wildman–Crippen MR) is 70.4 cm³/mol. The Kier molecular flexibility index (Phi) is 3.82. The third-order valence-corrected chi connectivity index (χ3v) is 3.57. The second kappa shape index (κ2) is 5.34. The van der Waals surface area contributed by atoms with Crippen LogP contribution in [0.1, 0.15) is 15.2 Å². The van der Waals surface area contributed by atoms with Crippen LogP contribution in [0.25, 0.3) is 0 Å². The summed E-state index contributed by atoms with van der Waals surface area (Å²) in [7, 11) is 1.59. The van der Waals surface area contributed by atoms with Gasteiger partial charge in [-0.05, 0) is 17.7 Å². The Morgan fingerprint density at radius 1 is 1.35 bits per heavy atom. The topological polar surface area (TPSA) is 26.3 Å². The van der Waals surface area contributed by atoms with E-state index in [0.717, 1.165) is 16.2 Å². The van der Waals surface area contributed by atoms with Crippen molar-refractivity contribution in [3.05, 3.63) is 51.2 Å². The summed E-state index contributed by atoms with van der Waals surface area (Å²) in [5.41, 5.74) is 0.965. The summed E-state index contributed by atoms with van der Waals surface area (Å²) in [4.78, 5) is 12.7. The molecule has 1 heterocycles. The third kappa shape index (κ3) is 3.08. The van der Waals surface area contributed by atoms with Gasteiger partial charge in [-0.1, -0.05) is 23.7 Å². The van der Waals surface area contributed by atoms with Crippen LogP contribution in [0.15, 0.2) is 35.7 Å². The predicted octanol–water partition coefficient (Wildman–Crippen LogP) is 3.84. The van der Waals surface area contributed by atoms with Crippen LogP contribution in [0.2, 0.25) is 5.02 Å². The Hall–Kier alpha value is -1.32. The number of carbonyl (C=O) groups is 1. The molecule has 1 aromatic carbocycles. The van der Waals surface area contributed by atoms with Crippen LogP contribution >= 0.6 is 22.9 Å². The zero-order chi connectivity index (χ0) is 12.3. The van der Waals surface area contributed by atoms with Crippen molar-refractivity contribution in [1.29, 1.82) is 0 Å². The Labute approximate surface area is 109 Å². The largest absolute Gasteiger partial charge is 0.496 e. The quantitative estimate of drug-likeness (QED) is 0.786. The molecule has 0 aliphatic heterocycles. The average Bonchev–Trinajstić information content (AvgIpc) is 2.81. The zero-order valence-corrected chi connectivity index (χ0v) is 10.8. The fourth-order valence-corrected chi connectivity index (χ4v) is 2.37. The van der Waals surface area contributed by atoms with Gasteiger partial charge in [0.15, 0.2) is 5.78 Å². The van der Waals surface area contributed by atoms with Gasteiger partial charge >= 0.3 is 0 Å². The fraction of sp³-hybridized carbons (Fsp3) is 0.154. The molecule has 2 nitrogen and oxygen atoms in total. The maximum atomic E-state index is 12.0. The molecule has 0 spiro atoms. The van der Waals surface area contributed by atoms with Gasteiger partial charge in [-0.3, -0.25) is 4.79 Å². The van der Waals surface area contributed by atoms with Crippen molar-refractivity contribution in [1.82, 2.24) is 0 Å². The fourth-order valence-electron chi connectivity index (χ4n) is 1.45. The number of benzene rings is 1. The summed E-state index contributed by atoms with van der Waals surface area (Å²) in [6.45, 7) is 0. The Bertz CT molecular complexity index is 516. The van der Waals surface area contributed by atoms with Crippen molar-refractivity contribution in [2.45, 2.75) is 6.42 Å². The molecule has 0 bridgehead atoms. The number of Topliss-reactive ketones (excluding diaryl/α,β-unsaturated/α-hetero) is 1. The second-order valence-corrected chi connectivity index (χ2v) is 4.92. The number of rotatable bonds is 4. The molecule has 0 radical (unpaired) electrons.